The highest BCUT2D eigenvalue weighted by Gasteiger charge is 2.32. The number of benzene rings is 2. The highest BCUT2D eigenvalue weighted by Crippen LogP contribution is 2.25. The van der Waals surface area contributed by atoms with Gasteiger partial charge in [-0.15, -0.1) is 5.10 Å². The normalized spacial score (nSPS) is 17.8. The van der Waals surface area contributed by atoms with Crippen molar-refractivity contribution in [2.24, 2.45) is 0 Å². The molecular formula is C23H30N6O2S. The van der Waals surface area contributed by atoms with Crippen LogP contribution in [0.3, 0.4) is 0 Å². The van der Waals surface area contributed by atoms with Crippen molar-refractivity contribution in [1.29, 1.82) is 0 Å². The monoisotopic (exact) mass is 454 g/mol. The van der Waals surface area contributed by atoms with Crippen LogP contribution in [0, 0.1) is 0 Å². The lowest BCUT2D eigenvalue weighted by molar-refractivity contribution is 0.139. The molecule has 0 aliphatic carbocycles. The van der Waals surface area contributed by atoms with Gasteiger partial charge in [-0.05, 0) is 59.5 Å². The quantitative estimate of drug-likeness (QED) is 0.545. The molecule has 0 spiro atoms. The number of sulfonamides is 1. The smallest absolute Gasteiger partial charge is 0.243 e. The SMILES string of the molecule is CCC(C)c1ccc(S(=O)(=O)N2CCN(C(C)c3nnnn3-c3ccccc3)CC2)cc1. The first-order chi connectivity index (χ1) is 15.4. The standard InChI is InChI=1S/C23H30N6O2S/c1-4-18(2)20-10-12-22(13-11-20)32(30,31)28-16-14-27(15-17-28)19(3)23-24-25-26-29(23)21-8-6-5-7-9-21/h5-13,18-19H,4,14-17H2,1-3H3. The molecule has 1 fully saturated rings. The molecule has 1 aliphatic heterocycles. The molecule has 2 unspecified atom stereocenters. The second-order valence-electron chi connectivity index (χ2n) is 8.28. The fraction of sp³-hybridized carbons (Fsp3) is 0.435. The number of hydrogen-bond acceptors (Lipinski definition) is 6. The van der Waals surface area contributed by atoms with Gasteiger partial charge < -0.3 is 0 Å². The van der Waals surface area contributed by atoms with Crippen molar-refractivity contribution >= 4 is 10.0 Å². The fourth-order valence-corrected chi connectivity index (χ4v) is 5.48. The van der Waals surface area contributed by atoms with Crippen molar-refractivity contribution in [2.75, 3.05) is 26.2 Å². The Balaban J connectivity index is 1.44. The minimum atomic E-state index is -3.50. The van der Waals surface area contributed by atoms with Gasteiger partial charge in [0.25, 0.3) is 0 Å². The number of rotatable bonds is 7. The van der Waals surface area contributed by atoms with Crippen LogP contribution >= 0.6 is 0 Å². The zero-order valence-corrected chi connectivity index (χ0v) is 19.6. The summed E-state index contributed by atoms with van der Waals surface area (Å²) in [4.78, 5) is 2.59. The largest absolute Gasteiger partial charge is 0.291 e. The molecule has 2 heterocycles. The molecule has 0 saturated carbocycles. The number of para-hydroxylation sites is 1. The van der Waals surface area contributed by atoms with Gasteiger partial charge in [0.2, 0.25) is 10.0 Å². The molecule has 3 aromatic rings. The van der Waals surface area contributed by atoms with E-state index in [1.807, 2.05) is 42.5 Å². The molecule has 1 aromatic heterocycles. The zero-order chi connectivity index (χ0) is 22.7. The van der Waals surface area contributed by atoms with Crippen LogP contribution in [-0.2, 0) is 10.0 Å². The van der Waals surface area contributed by atoms with E-state index in [0.29, 0.717) is 37.0 Å². The van der Waals surface area contributed by atoms with E-state index in [1.165, 1.54) is 5.56 Å². The van der Waals surface area contributed by atoms with Crippen molar-refractivity contribution in [3.8, 4) is 5.69 Å². The molecule has 32 heavy (non-hydrogen) atoms. The second kappa shape index (κ2) is 9.48. The van der Waals surface area contributed by atoms with Crippen LogP contribution in [-0.4, -0.2) is 64.0 Å². The third-order valence-electron chi connectivity index (χ3n) is 6.39. The van der Waals surface area contributed by atoms with Crippen molar-refractivity contribution in [3.05, 3.63) is 66.0 Å². The van der Waals surface area contributed by atoms with E-state index in [9.17, 15) is 8.42 Å². The zero-order valence-electron chi connectivity index (χ0n) is 18.8. The Hall–Kier alpha value is -2.62. The van der Waals surface area contributed by atoms with E-state index >= 15 is 0 Å². The molecular weight excluding hydrogens is 424 g/mol. The summed E-state index contributed by atoms with van der Waals surface area (Å²) >= 11 is 0. The van der Waals surface area contributed by atoms with Crippen LogP contribution in [0.15, 0.2) is 59.5 Å². The molecule has 1 aliphatic rings. The highest BCUT2D eigenvalue weighted by atomic mass is 32.2. The van der Waals surface area contributed by atoms with Crippen molar-refractivity contribution in [1.82, 2.24) is 29.4 Å². The summed E-state index contributed by atoms with van der Waals surface area (Å²) in [5, 5.41) is 12.2. The minimum absolute atomic E-state index is 0.0372. The van der Waals surface area contributed by atoms with Crippen LogP contribution < -0.4 is 0 Å². The topological polar surface area (TPSA) is 84.2 Å². The first kappa shape index (κ1) is 22.6. The van der Waals surface area contributed by atoms with E-state index in [1.54, 1.807) is 21.1 Å². The van der Waals surface area contributed by atoms with Gasteiger partial charge in [-0.2, -0.15) is 8.99 Å². The predicted molar refractivity (Wildman–Crippen MR) is 123 cm³/mol. The van der Waals surface area contributed by atoms with Gasteiger partial charge in [0.05, 0.1) is 16.6 Å². The van der Waals surface area contributed by atoms with Gasteiger partial charge in [-0.1, -0.05) is 44.2 Å². The number of tetrazole rings is 1. The molecule has 170 valence electrons. The first-order valence-electron chi connectivity index (χ1n) is 11.1. The van der Waals surface area contributed by atoms with Gasteiger partial charge in [0.15, 0.2) is 5.82 Å². The number of hydrogen-bond donors (Lipinski definition) is 0. The maximum atomic E-state index is 13.2. The van der Waals surface area contributed by atoms with E-state index < -0.39 is 10.0 Å². The summed E-state index contributed by atoms with van der Waals surface area (Å²) in [5.41, 5.74) is 2.07. The van der Waals surface area contributed by atoms with Crippen LogP contribution in [0.2, 0.25) is 0 Å². The Kier molecular flexibility index (Phi) is 6.68. The fourth-order valence-electron chi connectivity index (χ4n) is 4.06. The molecule has 2 atom stereocenters. The van der Waals surface area contributed by atoms with E-state index in [4.69, 9.17) is 0 Å². The van der Waals surface area contributed by atoms with Gasteiger partial charge in [-0.3, -0.25) is 4.90 Å². The number of piperazine rings is 1. The lowest BCUT2D eigenvalue weighted by atomic mass is 9.99. The third kappa shape index (κ3) is 4.46. The maximum absolute atomic E-state index is 13.2. The molecule has 1 saturated heterocycles. The molecule has 0 amide bonds. The van der Waals surface area contributed by atoms with E-state index in [-0.39, 0.29) is 6.04 Å². The van der Waals surface area contributed by atoms with Crippen LogP contribution in [0.25, 0.3) is 5.69 Å². The van der Waals surface area contributed by atoms with Crippen LogP contribution in [0.4, 0.5) is 0 Å². The van der Waals surface area contributed by atoms with Crippen molar-refractivity contribution in [2.45, 2.75) is 44.0 Å². The Morgan fingerprint density at radius 3 is 2.22 bits per heavy atom. The van der Waals surface area contributed by atoms with Crippen LogP contribution in [0.1, 0.15) is 50.5 Å². The maximum Gasteiger partial charge on any atom is 0.243 e. The van der Waals surface area contributed by atoms with E-state index in [2.05, 4.69) is 41.2 Å². The second-order valence-corrected chi connectivity index (χ2v) is 10.2. The average molecular weight is 455 g/mol. The third-order valence-corrected chi connectivity index (χ3v) is 8.30. The number of aromatic nitrogens is 4. The summed E-state index contributed by atoms with van der Waals surface area (Å²) in [6.07, 6.45) is 1.03. The lowest BCUT2D eigenvalue weighted by Crippen LogP contribution is -2.49. The minimum Gasteiger partial charge on any atom is -0.291 e. The first-order valence-corrected chi connectivity index (χ1v) is 12.5. The number of nitrogens with zero attached hydrogens (tertiary/aromatic N) is 6. The average Bonchev–Trinajstić information content (AvgIpc) is 3.34. The van der Waals surface area contributed by atoms with E-state index in [0.717, 1.165) is 17.9 Å². The molecule has 4 rings (SSSR count). The summed E-state index contributed by atoms with van der Waals surface area (Å²) in [6, 6.07) is 17.1. The highest BCUT2D eigenvalue weighted by molar-refractivity contribution is 7.89. The molecule has 9 heteroatoms. The molecule has 0 bridgehead atoms. The Morgan fingerprint density at radius 1 is 0.938 bits per heavy atom. The predicted octanol–water partition coefficient (Wildman–Crippen LogP) is 3.24. The Labute approximate surface area is 189 Å². The lowest BCUT2D eigenvalue weighted by Gasteiger charge is -2.36. The van der Waals surface area contributed by atoms with Gasteiger partial charge in [0.1, 0.15) is 0 Å². The Bertz CT molecular complexity index is 1120. The Morgan fingerprint density at radius 2 is 1.59 bits per heavy atom. The van der Waals surface area contributed by atoms with Gasteiger partial charge in [0, 0.05) is 26.2 Å². The van der Waals surface area contributed by atoms with Gasteiger partial charge in [-0.25, -0.2) is 8.42 Å². The van der Waals surface area contributed by atoms with Crippen LogP contribution in [0.5, 0.6) is 0 Å². The summed E-state index contributed by atoms with van der Waals surface area (Å²) in [5.74, 6) is 1.16. The summed E-state index contributed by atoms with van der Waals surface area (Å²) in [6.45, 7) is 8.45. The molecule has 2 aromatic carbocycles. The molecule has 8 nitrogen and oxygen atoms in total. The molecule has 0 radical (unpaired) electrons. The van der Waals surface area contributed by atoms with Crippen molar-refractivity contribution < 1.29 is 8.42 Å². The van der Waals surface area contributed by atoms with Crippen molar-refractivity contribution in [3.63, 3.8) is 0 Å². The summed E-state index contributed by atoms with van der Waals surface area (Å²) in [7, 11) is -3.50. The molecule has 0 N–H and O–H groups in total. The summed E-state index contributed by atoms with van der Waals surface area (Å²) < 4.78 is 29.6. The van der Waals surface area contributed by atoms with Gasteiger partial charge >= 0.3 is 0 Å².